The first-order valence-electron chi connectivity index (χ1n) is 11.4. The van der Waals surface area contributed by atoms with Crippen LogP contribution in [-0.4, -0.2) is 45.8 Å². The minimum absolute atomic E-state index is 0.0223. The van der Waals surface area contributed by atoms with E-state index in [-0.39, 0.29) is 17.4 Å². The molecule has 6 heteroatoms. The Morgan fingerprint density at radius 3 is 2.58 bits per heavy atom. The van der Waals surface area contributed by atoms with E-state index < -0.39 is 0 Å². The van der Waals surface area contributed by atoms with E-state index >= 15 is 0 Å². The number of aryl methyl sites for hydroxylation is 2. The molecule has 0 spiro atoms. The molecule has 0 unspecified atom stereocenters. The van der Waals surface area contributed by atoms with E-state index in [4.69, 9.17) is 0 Å². The molecule has 31 heavy (non-hydrogen) atoms. The lowest BCUT2D eigenvalue weighted by Gasteiger charge is -2.30. The van der Waals surface area contributed by atoms with E-state index in [1.807, 2.05) is 34.2 Å². The fraction of sp³-hybridized carbons (Fsp3) is 0.480. The van der Waals surface area contributed by atoms with Crippen LogP contribution in [-0.2, 0) is 35.5 Å². The summed E-state index contributed by atoms with van der Waals surface area (Å²) in [5.74, 6) is 0.265. The number of amides is 2. The summed E-state index contributed by atoms with van der Waals surface area (Å²) in [6.45, 7) is 3.07. The van der Waals surface area contributed by atoms with Crippen molar-refractivity contribution in [2.24, 2.45) is 0 Å². The Hall–Kier alpha value is -2.89. The number of hydrogen-bond donors (Lipinski definition) is 0. The van der Waals surface area contributed by atoms with Crippen LogP contribution in [0.2, 0.25) is 0 Å². The highest BCUT2D eigenvalue weighted by molar-refractivity contribution is 5.79. The highest BCUT2D eigenvalue weighted by atomic mass is 16.2. The zero-order valence-electron chi connectivity index (χ0n) is 18.1. The first-order chi connectivity index (χ1) is 15.1. The van der Waals surface area contributed by atoms with Crippen molar-refractivity contribution in [1.82, 2.24) is 14.4 Å². The molecular formula is C25H31N3O3. The predicted octanol–water partition coefficient (Wildman–Crippen LogP) is 2.77. The van der Waals surface area contributed by atoms with Gasteiger partial charge < -0.3 is 14.4 Å². The normalized spacial score (nSPS) is 16.7. The molecule has 2 amide bonds. The van der Waals surface area contributed by atoms with Crippen molar-refractivity contribution >= 4 is 11.8 Å². The van der Waals surface area contributed by atoms with E-state index in [2.05, 4.69) is 12.1 Å². The second-order valence-corrected chi connectivity index (χ2v) is 8.60. The topological polar surface area (TPSA) is 62.6 Å². The molecule has 3 heterocycles. The van der Waals surface area contributed by atoms with E-state index in [9.17, 15) is 14.4 Å². The van der Waals surface area contributed by atoms with Gasteiger partial charge in [-0.15, -0.1) is 0 Å². The van der Waals surface area contributed by atoms with Gasteiger partial charge in [0.2, 0.25) is 11.8 Å². The molecule has 2 aliphatic heterocycles. The first-order valence-corrected chi connectivity index (χ1v) is 11.4. The van der Waals surface area contributed by atoms with Crippen molar-refractivity contribution in [3.05, 3.63) is 69.6 Å². The summed E-state index contributed by atoms with van der Waals surface area (Å²) in [6, 6.07) is 11.9. The molecule has 0 saturated carbocycles. The number of carbonyl (C=O) groups is 2. The number of benzene rings is 1. The van der Waals surface area contributed by atoms with Crippen molar-refractivity contribution in [2.45, 2.75) is 58.0 Å². The molecule has 2 aliphatic rings. The van der Waals surface area contributed by atoms with Gasteiger partial charge in [0.05, 0.1) is 0 Å². The van der Waals surface area contributed by atoms with Crippen LogP contribution in [0.25, 0.3) is 0 Å². The monoisotopic (exact) mass is 421 g/mol. The molecule has 1 saturated heterocycles. The second-order valence-electron chi connectivity index (χ2n) is 8.60. The molecule has 0 aliphatic carbocycles. The molecular weight excluding hydrogens is 390 g/mol. The van der Waals surface area contributed by atoms with Crippen molar-refractivity contribution < 1.29 is 9.59 Å². The lowest BCUT2D eigenvalue weighted by molar-refractivity contribution is -0.134. The third kappa shape index (κ3) is 5.43. The van der Waals surface area contributed by atoms with Crippen LogP contribution in [0.15, 0.2) is 47.4 Å². The molecule has 4 rings (SSSR count). The van der Waals surface area contributed by atoms with Gasteiger partial charge in [0.1, 0.15) is 0 Å². The van der Waals surface area contributed by atoms with Crippen molar-refractivity contribution in [3.8, 4) is 0 Å². The Bertz CT molecular complexity index is 983. The van der Waals surface area contributed by atoms with Crippen LogP contribution in [0.5, 0.6) is 0 Å². The predicted molar refractivity (Wildman–Crippen MR) is 120 cm³/mol. The molecule has 164 valence electrons. The van der Waals surface area contributed by atoms with E-state index in [1.54, 1.807) is 10.6 Å². The summed E-state index contributed by atoms with van der Waals surface area (Å²) in [7, 11) is 0. The van der Waals surface area contributed by atoms with Gasteiger partial charge >= 0.3 is 0 Å². The summed E-state index contributed by atoms with van der Waals surface area (Å²) >= 11 is 0. The molecule has 0 radical (unpaired) electrons. The zero-order chi connectivity index (χ0) is 21.6. The van der Waals surface area contributed by atoms with Crippen LogP contribution < -0.4 is 5.56 Å². The number of likely N-dealkylation sites (tertiary alicyclic amines) is 1. The molecule has 0 N–H and O–H groups in total. The van der Waals surface area contributed by atoms with Gasteiger partial charge in [-0.25, -0.2) is 0 Å². The van der Waals surface area contributed by atoms with Gasteiger partial charge in [0, 0.05) is 57.8 Å². The van der Waals surface area contributed by atoms with Gasteiger partial charge in [-0.3, -0.25) is 14.4 Å². The van der Waals surface area contributed by atoms with Gasteiger partial charge in [-0.1, -0.05) is 36.8 Å². The van der Waals surface area contributed by atoms with Crippen LogP contribution in [0.4, 0.5) is 0 Å². The van der Waals surface area contributed by atoms with Crippen LogP contribution in [0.3, 0.4) is 0 Å². The number of nitrogens with zero attached hydrogens (tertiary/aromatic N) is 3. The molecule has 1 aromatic carbocycles. The molecule has 2 aromatic rings. The van der Waals surface area contributed by atoms with Gasteiger partial charge in [0.25, 0.3) is 5.56 Å². The zero-order valence-corrected chi connectivity index (χ0v) is 18.1. The Balaban J connectivity index is 1.37. The molecule has 1 fully saturated rings. The number of aromatic nitrogens is 1. The summed E-state index contributed by atoms with van der Waals surface area (Å²) in [4.78, 5) is 41.2. The molecule has 6 nitrogen and oxygen atoms in total. The summed E-state index contributed by atoms with van der Waals surface area (Å²) in [5, 5.41) is 0. The quantitative estimate of drug-likeness (QED) is 0.721. The average molecular weight is 422 g/mol. The standard InChI is InChI=1S/C25H31N3O3/c29-23-9-5-2-6-13-26(23)16-12-24(30)27-15-11-21-17-25(31)28(19-22(21)18-27)14-10-20-7-3-1-4-8-20/h1,3-4,7-8,17,19H,2,5-6,9-16,18H2. The molecule has 0 bridgehead atoms. The van der Waals surface area contributed by atoms with E-state index in [0.717, 1.165) is 43.4 Å². The summed E-state index contributed by atoms with van der Waals surface area (Å²) < 4.78 is 1.76. The number of hydrogen-bond acceptors (Lipinski definition) is 3. The molecule has 1 aromatic heterocycles. The fourth-order valence-electron chi connectivity index (χ4n) is 4.52. The highest BCUT2D eigenvalue weighted by Gasteiger charge is 2.23. The third-order valence-corrected chi connectivity index (χ3v) is 6.42. The minimum Gasteiger partial charge on any atom is -0.342 e. The largest absolute Gasteiger partial charge is 0.342 e. The summed E-state index contributed by atoms with van der Waals surface area (Å²) in [5.41, 5.74) is 3.33. The summed E-state index contributed by atoms with van der Waals surface area (Å²) in [6.07, 6.45) is 7.48. The molecule has 0 atom stereocenters. The lowest BCUT2D eigenvalue weighted by Crippen LogP contribution is -2.40. The smallest absolute Gasteiger partial charge is 0.250 e. The highest BCUT2D eigenvalue weighted by Crippen LogP contribution is 2.19. The van der Waals surface area contributed by atoms with Crippen LogP contribution in [0, 0.1) is 0 Å². The number of rotatable bonds is 6. The fourth-order valence-corrected chi connectivity index (χ4v) is 4.52. The van der Waals surface area contributed by atoms with Crippen molar-refractivity contribution in [1.29, 1.82) is 0 Å². The maximum Gasteiger partial charge on any atom is 0.250 e. The van der Waals surface area contributed by atoms with Gasteiger partial charge in [0.15, 0.2) is 0 Å². The third-order valence-electron chi connectivity index (χ3n) is 6.42. The van der Waals surface area contributed by atoms with Gasteiger partial charge in [-0.2, -0.15) is 0 Å². The number of pyridine rings is 1. The van der Waals surface area contributed by atoms with E-state index in [1.165, 1.54) is 5.56 Å². The first kappa shape index (κ1) is 21.3. The lowest BCUT2D eigenvalue weighted by atomic mass is 10.0. The van der Waals surface area contributed by atoms with Crippen LogP contribution in [0.1, 0.15) is 48.8 Å². The second kappa shape index (κ2) is 9.94. The Kier molecular flexibility index (Phi) is 6.85. The maximum absolute atomic E-state index is 12.8. The Morgan fingerprint density at radius 1 is 0.903 bits per heavy atom. The SMILES string of the molecule is O=C1CCCCCN1CCC(=O)N1CCc2cc(=O)n(CCc3ccccc3)cc2C1. The average Bonchev–Trinajstić information content (AvgIpc) is 3.00. The van der Waals surface area contributed by atoms with Crippen LogP contribution >= 0.6 is 0 Å². The minimum atomic E-state index is 0.0223. The van der Waals surface area contributed by atoms with Crippen molar-refractivity contribution in [3.63, 3.8) is 0 Å². The Labute approximate surface area is 183 Å². The number of fused-ring (bicyclic) bond motifs is 1. The van der Waals surface area contributed by atoms with Gasteiger partial charge in [-0.05, 0) is 42.4 Å². The van der Waals surface area contributed by atoms with Crippen molar-refractivity contribution in [2.75, 3.05) is 19.6 Å². The maximum atomic E-state index is 12.8. The Morgan fingerprint density at radius 2 is 1.74 bits per heavy atom. The van der Waals surface area contributed by atoms with E-state index in [0.29, 0.717) is 45.4 Å². The number of carbonyl (C=O) groups excluding carboxylic acids is 2.